The van der Waals surface area contributed by atoms with E-state index in [1.54, 1.807) is 7.11 Å². The van der Waals surface area contributed by atoms with Crippen molar-refractivity contribution in [3.8, 4) is 0 Å². The first-order valence-corrected chi connectivity index (χ1v) is 5.69. The predicted octanol–water partition coefficient (Wildman–Crippen LogP) is 0.359. The van der Waals surface area contributed by atoms with E-state index in [9.17, 15) is 4.79 Å². The van der Waals surface area contributed by atoms with Crippen LogP contribution in [0.15, 0.2) is 0 Å². The molecule has 0 aromatic rings. The van der Waals surface area contributed by atoms with E-state index in [4.69, 9.17) is 9.47 Å². The van der Waals surface area contributed by atoms with Gasteiger partial charge in [0.15, 0.2) is 5.78 Å². The normalized spacial score (nSPS) is 36.7. The minimum Gasteiger partial charge on any atom is -0.381 e. The van der Waals surface area contributed by atoms with E-state index in [1.165, 1.54) is 0 Å². The van der Waals surface area contributed by atoms with Crippen LogP contribution in [0.1, 0.15) is 19.3 Å². The summed E-state index contributed by atoms with van der Waals surface area (Å²) in [5, 5.41) is 3.22. The lowest BCUT2D eigenvalue weighted by Gasteiger charge is -2.23. The average molecular weight is 213 g/mol. The molecule has 0 spiro atoms. The van der Waals surface area contributed by atoms with E-state index in [2.05, 4.69) is 5.32 Å². The van der Waals surface area contributed by atoms with Gasteiger partial charge in [0.25, 0.3) is 0 Å². The van der Waals surface area contributed by atoms with Crippen molar-refractivity contribution < 1.29 is 14.3 Å². The molecular weight excluding hydrogens is 194 g/mol. The molecule has 0 aliphatic carbocycles. The van der Waals surface area contributed by atoms with Crippen LogP contribution in [0.25, 0.3) is 0 Å². The first-order valence-electron chi connectivity index (χ1n) is 5.69. The van der Waals surface area contributed by atoms with Gasteiger partial charge in [-0.05, 0) is 19.3 Å². The molecule has 2 heterocycles. The minimum absolute atomic E-state index is 0.0124. The second-order valence-corrected chi connectivity index (χ2v) is 4.37. The number of methoxy groups -OCH3 is 1. The number of hydrogen-bond donors (Lipinski definition) is 1. The number of nitrogens with one attached hydrogen (secondary N) is 1. The van der Waals surface area contributed by atoms with Gasteiger partial charge >= 0.3 is 0 Å². The van der Waals surface area contributed by atoms with Gasteiger partial charge in [0.2, 0.25) is 0 Å². The summed E-state index contributed by atoms with van der Waals surface area (Å²) in [5.41, 5.74) is 0. The first-order chi connectivity index (χ1) is 7.31. The van der Waals surface area contributed by atoms with Crippen LogP contribution in [0.4, 0.5) is 0 Å². The molecule has 0 saturated carbocycles. The van der Waals surface area contributed by atoms with Crippen LogP contribution in [0.5, 0.6) is 0 Å². The van der Waals surface area contributed by atoms with Crippen molar-refractivity contribution >= 4 is 5.78 Å². The number of carbonyl (C=O) groups is 1. The van der Waals surface area contributed by atoms with Crippen molar-refractivity contribution in [2.75, 3.05) is 26.9 Å². The van der Waals surface area contributed by atoms with Crippen molar-refractivity contribution in [3.63, 3.8) is 0 Å². The number of ketones is 1. The maximum atomic E-state index is 12.1. The van der Waals surface area contributed by atoms with Gasteiger partial charge in [-0.1, -0.05) is 0 Å². The van der Waals surface area contributed by atoms with E-state index < -0.39 is 0 Å². The molecule has 4 heteroatoms. The number of Topliss-reactive ketones (excluding diaryl/α,β-unsaturated/α-hetero) is 1. The molecule has 0 radical (unpaired) electrons. The zero-order valence-electron chi connectivity index (χ0n) is 9.20. The Balaban J connectivity index is 1.85. The zero-order chi connectivity index (χ0) is 10.7. The number of hydrogen-bond acceptors (Lipinski definition) is 4. The Morgan fingerprint density at radius 1 is 1.53 bits per heavy atom. The van der Waals surface area contributed by atoms with Gasteiger partial charge in [0.05, 0.1) is 18.8 Å². The van der Waals surface area contributed by atoms with Crippen molar-refractivity contribution in [2.24, 2.45) is 5.92 Å². The fraction of sp³-hybridized carbons (Fsp3) is 0.909. The molecule has 0 amide bonds. The Morgan fingerprint density at radius 3 is 3.00 bits per heavy atom. The highest BCUT2D eigenvalue weighted by Gasteiger charge is 2.34. The first kappa shape index (κ1) is 11.0. The summed E-state index contributed by atoms with van der Waals surface area (Å²) in [6.45, 7) is 2.21. The fourth-order valence-corrected chi connectivity index (χ4v) is 2.35. The number of ether oxygens (including phenoxy) is 2. The van der Waals surface area contributed by atoms with E-state index in [0.717, 1.165) is 32.4 Å². The SMILES string of the molecule is COC1CNC(C(=O)C2CCCOC2)C1. The largest absolute Gasteiger partial charge is 0.381 e. The van der Waals surface area contributed by atoms with Gasteiger partial charge in [-0.2, -0.15) is 0 Å². The molecule has 1 N–H and O–H groups in total. The van der Waals surface area contributed by atoms with Crippen molar-refractivity contribution in [1.82, 2.24) is 5.32 Å². The van der Waals surface area contributed by atoms with Crippen molar-refractivity contribution in [3.05, 3.63) is 0 Å². The third-order valence-corrected chi connectivity index (χ3v) is 3.33. The van der Waals surface area contributed by atoms with Crippen LogP contribution in [0.2, 0.25) is 0 Å². The molecule has 2 aliphatic heterocycles. The highest BCUT2D eigenvalue weighted by molar-refractivity contribution is 5.86. The van der Waals surface area contributed by atoms with Crippen LogP contribution >= 0.6 is 0 Å². The van der Waals surface area contributed by atoms with Gasteiger partial charge < -0.3 is 14.8 Å². The molecule has 2 fully saturated rings. The van der Waals surface area contributed by atoms with Crippen LogP contribution in [-0.4, -0.2) is 44.8 Å². The Hall–Kier alpha value is -0.450. The Kier molecular flexibility index (Phi) is 3.72. The van der Waals surface area contributed by atoms with Gasteiger partial charge in [0, 0.05) is 26.2 Å². The quantitative estimate of drug-likeness (QED) is 0.735. The Labute approximate surface area is 90.3 Å². The topological polar surface area (TPSA) is 47.6 Å². The molecule has 86 valence electrons. The lowest BCUT2D eigenvalue weighted by atomic mass is 9.92. The molecule has 2 rings (SSSR count). The van der Waals surface area contributed by atoms with E-state index in [1.807, 2.05) is 0 Å². The molecule has 3 unspecified atom stereocenters. The number of rotatable bonds is 3. The van der Waals surface area contributed by atoms with E-state index in [0.29, 0.717) is 12.4 Å². The molecular formula is C11H19NO3. The van der Waals surface area contributed by atoms with Gasteiger partial charge in [-0.15, -0.1) is 0 Å². The van der Waals surface area contributed by atoms with Crippen LogP contribution < -0.4 is 5.32 Å². The van der Waals surface area contributed by atoms with E-state index >= 15 is 0 Å². The standard InChI is InChI=1S/C11H19NO3/c1-14-9-5-10(12-6-9)11(13)8-3-2-4-15-7-8/h8-10,12H,2-7H2,1H3. The maximum absolute atomic E-state index is 12.1. The van der Waals surface area contributed by atoms with Gasteiger partial charge in [0.1, 0.15) is 0 Å². The predicted molar refractivity (Wildman–Crippen MR) is 55.8 cm³/mol. The summed E-state index contributed by atoms with van der Waals surface area (Å²) in [4.78, 5) is 12.1. The molecule has 2 saturated heterocycles. The second-order valence-electron chi connectivity index (χ2n) is 4.37. The lowest BCUT2D eigenvalue weighted by Crippen LogP contribution is -2.38. The lowest BCUT2D eigenvalue weighted by molar-refractivity contribution is -0.128. The smallest absolute Gasteiger partial charge is 0.155 e. The van der Waals surface area contributed by atoms with Crippen molar-refractivity contribution in [2.45, 2.75) is 31.4 Å². The zero-order valence-corrected chi connectivity index (χ0v) is 9.20. The van der Waals surface area contributed by atoms with Gasteiger partial charge in [-0.25, -0.2) is 0 Å². The summed E-state index contributed by atoms with van der Waals surface area (Å²) in [7, 11) is 1.70. The van der Waals surface area contributed by atoms with Crippen LogP contribution in [0.3, 0.4) is 0 Å². The monoisotopic (exact) mass is 213 g/mol. The molecule has 4 nitrogen and oxygen atoms in total. The second kappa shape index (κ2) is 5.05. The fourth-order valence-electron chi connectivity index (χ4n) is 2.35. The highest BCUT2D eigenvalue weighted by Crippen LogP contribution is 2.20. The van der Waals surface area contributed by atoms with E-state index in [-0.39, 0.29) is 18.1 Å². The summed E-state index contributed by atoms with van der Waals surface area (Å²) in [6.07, 6.45) is 3.00. The average Bonchev–Trinajstić information content (AvgIpc) is 2.78. The highest BCUT2D eigenvalue weighted by atomic mass is 16.5. The minimum atomic E-state index is -0.0124. The molecule has 0 aromatic heterocycles. The van der Waals surface area contributed by atoms with Crippen LogP contribution in [0, 0.1) is 5.92 Å². The van der Waals surface area contributed by atoms with Crippen molar-refractivity contribution in [1.29, 1.82) is 0 Å². The Bertz CT molecular complexity index is 226. The summed E-state index contributed by atoms with van der Waals surface area (Å²) < 4.78 is 10.6. The van der Waals surface area contributed by atoms with Crippen LogP contribution in [-0.2, 0) is 14.3 Å². The Morgan fingerprint density at radius 2 is 2.40 bits per heavy atom. The summed E-state index contributed by atoms with van der Waals surface area (Å²) in [5.74, 6) is 0.418. The molecule has 3 atom stereocenters. The maximum Gasteiger partial charge on any atom is 0.155 e. The summed E-state index contributed by atoms with van der Waals surface area (Å²) in [6, 6.07) is -0.0124. The third kappa shape index (κ3) is 2.56. The molecule has 2 aliphatic rings. The summed E-state index contributed by atoms with van der Waals surface area (Å²) >= 11 is 0. The third-order valence-electron chi connectivity index (χ3n) is 3.33. The number of carbonyl (C=O) groups excluding carboxylic acids is 1. The molecule has 15 heavy (non-hydrogen) atoms. The molecule has 0 bridgehead atoms. The molecule has 0 aromatic carbocycles. The van der Waals surface area contributed by atoms with Gasteiger partial charge in [-0.3, -0.25) is 4.79 Å².